The number of rotatable bonds is 6. The van der Waals surface area contributed by atoms with Crippen molar-refractivity contribution in [1.29, 1.82) is 0 Å². The molecule has 1 aliphatic carbocycles. The lowest BCUT2D eigenvalue weighted by molar-refractivity contribution is -0.170. The number of imidazole rings is 1. The first-order valence-electron chi connectivity index (χ1n) is 13.9. The SMILES string of the molecule is CC(C)(C)OC(=O)C(C)(C)C1CCC(Oc2nc3nc(-c4ccc(N5CCOCC5)cc4)c(Cl)cc3[nH]2)CC1. The monoisotopic (exact) mass is 554 g/mol. The maximum absolute atomic E-state index is 12.8. The van der Waals surface area contributed by atoms with E-state index in [1.807, 2.05) is 52.8 Å². The van der Waals surface area contributed by atoms with Crippen LogP contribution in [0.15, 0.2) is 30.3 Å². The van der Waals surface area contributed by atoms with Gasteiger partial charge in [-0.25, -0.2) is 4.98 Å². The summed E-state index contributed by atoms with van der Waals surface area (Å²) >= 11 is 6.64. The highest BCUT2D eigenvalue weighted by molar-refractivity contribution is 6.33. The van der Waals surface area contributed by atoms with Gasteiger partial charge in [-0.3, -0.25) is 4.79 Å². The molecular formula is C30H39ClN4O4. The molecule has 2 fully saturated rings. The maximum Gasteiger partial charge on any atom is 0.312 e. The first kappa shape index (κ1) is 27.7. The van der Waals surface area contributed by atoms with E-state index >= 15 is 0 Å². The van der Waals surface area contributed by atoms with E-state index in [0.717, 1.165) is 63.1 Å². The van der Waals surface area contributed by atoms with Crippen LogP contribution in [-0.2, 0) is 14.3 Å². The molecule has 1 saturated carbocycles. The van der Waals surface area contributed by atoms with Crippen molar-refractivity contribution in [3.05, 3.63) is 35.4 Å². The van der Waals surface area contributed by atoms with Crippen LogP contribution in [0, 0.1) is 11.3 Å². The molecule has 1 N–H and O–H groups in total. The molecule has 2 aliphatic rings. The van der Waals surface area contributed by atoms with E-state index in [1.54, 1.807) is 0 Å². The minimum Gasteiger partial charge on any atom is -0.461 e. The van der Waals surface area contributed by atoms with Gasteiger partial charge in [0.25, 0.3) is 6.01 Å². The quantitative estimate of drug-likeness (QED) is 0.352. The summed E-state index contributed by atoms with van der Waals surface area (Å²) in [6.45, 7) is 13.0. The van der Waals surface area contributed by atoms with Crippen molar-refractivity contribution >= 4 is 34.4 Å². The summed E-state index contributed by atoms with van der Waals surface area (Å²) in [6, 6.07) is 10.6. The van der Waals surface area contributed by atoms with E-state index in [1.165, 1.54) is 5.69 Å². The van der Waals surface area contributed by atoms with Gasteiger partial charge in [0.15, 0.2) is 5.65 Å². The van der Waals surface area contributed by atoms with Crippen LogP contribution in [0.5, 0.6) is 6.01 Å². The molecule has 0 spiro atoms. The number of hydrogen-bond donors (Lipinski definition) is 1. The van der Waals surface area contributed by atoms with Gasteiger partial charge in [0, 0.05) is 24.3 Å². The molecular weight excluding hydrogens is 516 g/mol. The number of carbonyl (C=O) groups is 1. The third kappa shape index (κ3) is 6.33. The number of halogens is 1. The van der Waals surface area contributed by atoms with Crippen molar-refractivity contribution in [3.63, 3.8) is 0 Å². The number of ether oxygens (including phenoxy) is 3. The first-order chi connectivity index (χ1) is 18.5. The standard InChI is InChI=1S/C30H39ClN4O4/c1-29(2,3)39-27(36)30(4,5)20-8-12-22(13-9-20)38-28-32-24-18-23(31)25(33-26(24)34-28)19-6-10-21(11-7-19)35-14-16-37-17-15-35/h6-7,10-11,18,20,22H,8-9,12-17H2,1-5H3,(H,32,33,34). The maximum atomic E-state index is 12.8. The second-order valence-electron chi connectivity index (χ2n) is 12.2. The highest BCUT2D eigenvalue weighted by Crippen LogP contribution is 2.41. The number of nitrogens with one attached hydrogen (secondary N) is 1. The van der Waals surface area contributed by atoms with Crippen LogP contribution < -0.4 is 9.64 Å². The van der Waals surface area contributed by atoms with Gasteiger partial charge in [-0.2, -0.15) is 4.98 Å². The topological polar surface area (TPSA) is 89.6 Å². The van der Waals surface area contributed by atoms with E-state index in [9.17, 15) is 4.79 Å². The van der Waals surface area contributed by atoms with Crippen LogP contribution in [0.4, 0.5) is 5.69 Å². The van der Waals surface area contributed by atoms with Crippen LogP contribution in [0.3, 0.4) is 0 Å². The zero-order chi connectivity index (χ0) is 27.8. The van der Waals surface area contributed by atoms with Gasteiger partial charge in [0.2, 0.25) is 0 Å². The van der Waals surface area contributed by atoms with Gasteiger partial charge in [0.05, 0.1) is 34.9 Å². The van der Waals surface area contributed by atoms with Gasteiger partial charge < -0.3 is 24.1 Å². The van der Waals surface area contributed by atoms with Crippen LogP contribution >= 0.6 is 11.6 Å². The van der Waals surface area contributed by atoms with Gasteiger partial charge in [0.1, 0.15) is 11.7 Å². The summed E-state index contributed by atoms with van der Waals surface area (Å²) in [4.78, 5) is 27.7. The van der Waals surface area contributed by atoms with Gasteiger partial charge in [-0.1, -0.05) is 23.7 Å². The number of pyridine rings is 1. The molecule has 8 nitrogen and oxygen atoms in total. The van der Waals surface area contributed by atoms with Crippen molar-refractivity contribution < 1.29 is 19.0 Å². The Balaban J connectivity index is 1.23. The lowest BCUT2D eigenvalue weighted by Gasteiger charge is -2.38. The molecule has 3 heterocycles. The number of esters is 1. The Morgan fingerprint density at radius 3 is 2.33 bits per heavy atom. The largest absolute Gasteiger partial charge is 0.461 e. The number of anilines is 1. The fourth-order valence-corrected chi connectivity index (χ4v) is 5.70. The summed E-state index contributed by atoms with van der Waals surface area (Å²) in [5.74, 6) is 0.117. The van der Waals surface area contributed by atoms with Gasteiger partial charge >= 0.3 is 5.97 Å². The average molecular weight is 555 g/mol. The smallest absolute Gasteiger partial charge is 0.312 e. The molecule has 2 aromatic heterocycles. The van der Waals surface area contributed by atoms with E-state index in [0.29, 0.717) is 22.4 Å². The fraction of sp³-hybridized carbons (Fsp3) is 0.567. The molecule has 0 radical (unpaired) electrons. The molecule has 3 aromatic rings. The summed E-state index contributed by atoms with van der Waals surface area (Å²) in [5, 5.41) is 0.557. The number of H-pyrrole nitrogens is 1. The minimum absolute atomic E-state index is 0.0268. The van der Waals surface area contributed by atoms with Gasteiger partial charge in [-0.05, 0) is 84.4 Å². The van der Waals surface area contributed by atoms with E-state index in [4.69, 9.17) is 30.8 Å². The van der Waals surface area contributed by atoms with Crippen LogP contribution in [-0.4, -0.2) is 58.9 Å². The number of morpholine rings is 1. The van der Waals surface area contributed by atoms with Crippen molar-refractivity contribution in [2.45, 2.75) is 72.0 Å². The number of carbonyl (C=O) groups excluding carboxylic acids is 1. The van der Waals surface area contributed by atoms with Gasteiger partial charge in [-0.15, -0.1) is 0 Å². The summed E-state index contributed by atoms with van der Waals surface area (Å²) in [6.07, 6.45) is 3.52. The third-order valence-corrected chi connectivity index (χ3v) is 8.11. The molecule has 1 aromatic carbocycles. The van der Waals surface area contributed by atoms with Crippen LogP contribution in [0.1, 0.15) is 60.3 Å². The Hall–Kier alpha value is -2.84. The molecule has 1 saturated heterocycles. The minimum atomic E-state index is -0.533. The zero-order valence-electron chi connectivity index (χ0n) is 23.6. The summed E-state index contributed by atoms with van der Waals surface area (Å²) in [5.41, 5.74) is 3.09. The van der Waals surface area contributed by atoms with Crippen molar-refractivity contribution in [3.8, 4) is 17.3 Å². The number of fused-ring (bicyclic) bond motifs is 1. The molecule has 0 bridgehead atoms. The second-order valence-corrected chi connectivity index (χ2v) is 12.6. The Morgan fingerprint density at radius 2 is 1.69 bits per heavy atom. The third-order valence-electron chi connectivity index (χ3n) is 7.82. The number of aromatic amines is 1. The predicted molar refractivity (Wildman–Crippen MR) is 153 cm³/mol. The van der Waals surface area contributed by atoms with Crippen LogP contribution in [0.2, 0.25) is 5.02 Å². The summed E-state index contributed by atoms with van der Waals surface area (Å²) in [7, 11) is 0. The lowest BCUT2D eigenvalue weighted by Crippen LogP contribution is -2.41. The molecule has 210 valence electrons. The van der Waals surface area contributed by atoms with Crippen molar-refractivity contribution in [1.82, 2.24) is 15.0 Å². The molecule has 9 heteroatoms. The molecule has 1 aliphatic heterocycles. The highest BCUT2D eigenvalue weighted by atomic mass is 35.5. The number of aromatic nitrogens is 3. The number of nitrogens with zero attached hydrogens (tertiary/aromatic N) is 3. The Bertz CT molecular complexity index is 1300. The van der Waals surface area contributed by atoms with E-state index < -0.39 is 11.0 Å². The van der Waals surface area contributed by atoms with Crippen molar-refractivity contribution in [2.24, 2.45) is 11.3 Å². The predicted octanol–water partition coefficient (Wildman–Crippen LogP) is 6.42. The molecule has 0 unspecified atom stereocenters. The fourth-order valence-electron chi connectivity index (χ4n) is 5.44. The van der Waals surface area contributed by atoms with E-state index in [-0.39, 0.29) is 18.0 Å². The molecule has 5 rings (SSSR count). The zero-order valence-corrected chi connectivity index (χ0v) is 24.3. The lowest BCUT2D eigenvalue weighted by atomic mass is 9.70. The highest BCUT2D eigenvalue weighted by Gasteiger charge is 2.41. The summed E-state index contributed by atoms with van der Waals surface area (Å²) < 4.78 is 17.4. The Kier molecular flexibility index (Phi) is 7.80. The van der Waals surface area contributed by atoms with Crippen molar-refractivity contribution in [2.75, 3.05) is 31.2 Å². The molecule has 0 amide bonds. The normalized spacial score (nSPS) is 20.7. The second kappa shape index (κ2) is 11.0. The molecule has 0 atom stereocenters. The van der Waals surface area contributed by atoms with Crippen LogP contribution in [0.25, 0.3) is 22.4 Å². The van der Waals surface area contributed by atoms with E-state index in [2.05, 4.69) is 27.0 Å². The Morgan fingerprint density at radius 1 is 1.03 bits per heavy atom. The number of benzene rings is 1. The number of hydrogen-bond acceptors (Lipinski definition) is 7. The first-order valence-corrected chi connectivity index (χ1v) is 14.3. The Labute approximate surface area is 235 Å². The molecule has 39 heavy (non-hydrogen) atoms. The average Bonchev–Trinajstić information content (AvgIpc) is 3.29.